The molecule has 0 radical (unpaired) electrons. The second-order valence-corrected chi connectivity index (χ2v) is 45.0. The lowest BCUT2D eigenvalue weighted by Crippen LogP contribution is -2.31. The lowest BCUT2D eigenvalue weighted by molar-refractivity contribution is 0.0651. The Hall–Kier alpha value is -6.90. The summed E-state index contributed by atoms with van der Waals surface area (Å²) in [5.74, 6) is 0.763. The summed E-state index contributed by atoms with van der Waals surface area (Å²) in [6.45, 7) is 22.1. The number of carbonyl (C=O) groups is 2. The third-order valence-electron chi connectivity index (χ3n) is 31.2. The van der Waals surface area contributed by atoms with E-state index in [4.69, 9.17) is 4.74 Å². The zero-order chi connectivity index (χ0) is 92.8. The number of amides is 2. The monoisotopic (exact) mass is 1850 g/mol. The van der Waals surface area contributed by atoms with E-state index >= 15 is 4.79 Å². The highest BCUT2D eigenvalue weighted by atomic mass is 32.1. The van der Waals surface area contributed by atoms with E-state index in [1.54, 1.807) is 38.7 Å². The molecule has 4 heterocycles. The van der Waals surface area contributed by atoms with E-state index in [0.717, 1.165) is 76.8 Å². The van der Waals surface area contributed by atoms with Crippen LogP contribution in [0.2, 0.25) is 0 Å². The first-order valence-electron chi connectivity index (χ1n) is 55.9. The van der Waals surface area contributed by atoms with Crippen LogP contribution in [0.1, 0.15) is 493 Å². The standard InChI is InChI=1S/C126H175NO3S3/c1-10-17-24-31-38-40-42-43-44-45-46-47-49-51-58-65-88-130-101-73-79-107-109(94-101)118(106-75-69-97(66-59-52-33-26-19-12-3)90-108(106)117(107)99-71-77-104-102-74-67-95(8)89-110(102)125(112(104)92-99,83-60-53-34-27-20-13-4)84-61-54-35-28-21-14-5)100-72-78-105-103-76-70-98(91-111(103)126(113(105)93-100,85-62-55-36-29-22-15-6)86-63-56-37-30-23-16-7)114-81-82-116(132-114)122-120-119(121(133-122)115-80-68-96(9)131-115)123(128)127(124(120)129)87-64-57-50-48-41-39-32-25-18-11-2/h67-82,89-94H,10-66,83-88H2,1-9H3. The molecule has 2 aliphatic carbocycles. The Morgan fingerprint density at radius 3 is 1.03 bits per heavy atom. The Kier molecular flexibility index (Phi) is 42.8. The average molecular weight is 1850 g/mol. The molecule has 0 unspecified atom stereocenters. The molecule has 0 atom stereocenters. The average Bonchev–Trinajstić information content (AvgIpc) is 1.62. The molecular formula is C126H175NO3S3. The summed E-state index contributed by atoms with van der Waals surface area (Å²) in [5, 5.41) is 5.36. The van der Waals surface area contributed by atoms with Crippen molar-refractivity contribution in [3.63, 3.8) is 0 Å². The summed E-state index contributed by atoms with van der Waals surface area (Å²) in [7, 11) is 0. The minimum atomic E-state index is -0.228. The molecule has 133 heavy (non-hydrogen) atoms. The van der Waals surface area contributed by atoms with E-state index < -0.39 is 0 Å². The number of nitrogens with zero attached hydrogens (tertiary/aromatic N) is 1. The van der Waals surface area contributed by atoms with Crippen LogP contribution < -0.4 is 4.74 Å². The molecule has 4 nitrogen and oxygen atoms in total. The number of thiophene rings is 3. The summed E-state index contributed by atoms with van der Waals surface area (Å²) in [4.78, 5) is 38.1. The van der Waals surface area contributed by atoms with Crippen LogP contribution in [0.5, 0.6) is 5.75 Å². The van der Waals surface area contributed by atoms with Gasteiger partial charge >= 0.3 is 0 Å². The van der Waals surface area contributed by atoms with Crippen LogP contribution in [0.4, 0.5) is 0 Å². The Morgan fingerprint density at radius 2 is 0.609 bits per heavy atom. The fourth-order valence-electron chi connectivity index (χ4n) is 23.5. The maximum absolute atomic E-state index is 15.1. The number of hydrogen-bond acceptors (Lipinski definition) is 6. The van der Waals surface area contributed by atoms with Gasteiger partial charge in [-0.05, 0) is 219 Å². The first kappa shape index (κ1) is 103. The highest BCUT2D eigenvalue weighted by Crippen LogP contribution is 2.60. The first-order valence-corrected chi connectivity index (χ1v) is 58.3. The zero-order valence-corrected chi connectivity index (χ0v) is 87.6. The number of aryl methyl sites for hydroxylation is 3. The van der Waals surface area contributed by atoms with Crippen molar-refractivity contribution in [2.45, 2.75) is 465 Å². The second-order valence-electron chi connectivity index (χ2n) is 41.6. The third kappa shape index (κ3) is 27.2. The van der Waals surface area contributed by atoms with Gasteiger partial charge in [0.1, 0.15) is 5.75 Å². The molecule has 0 saturated carbocycles. The van der Waals surface area contributed by atoms with Gasteiger partial charge in [0.2, 0.25) is 0 Å². The summed E-state index contributed by atoms with van der Waals surface area (Å²) in [5.41, 5.74) is 22.3. The van der Waals surface area contributed by atoms with Crippen molar-refractivity contribution < 1.29 is 14.3 Å². The topological polar surface area (TPSA) is 46.6 Å². The van der Waals surface area contributed by atoms with Crippen LogP contribution in [0, 0.1) is 13.8 Å². The number of ether oxygens (including phenoxy) is 1. The molecule has 2 amide bonds. The molecule has 720 valence electrons. The molecular weight excluding hydrogens is 1670 g/mol. The zero-order valence-electron chi connectivity index (χ0n) is 85.1. The lowest BCUT2D eigenvalue weighted by atomic mass is 9.69. The van der Waals surface area contributed by atoms with Crippen molar-refractivity contribution in [3.05, 3.63) is 183 Å². The largest absolute Gasteiger partial charge is 0.494 e. The van der Waals surface area contributed by atoms with Gasteiger partial charge in [-0.15, -0.1) is 34.0 Å². The van der Waals surface area contributed by atoms with Crippen molar-refractivity contribution in [2.24, 2.45) is 0 Å². The van der Waals surface area contributed by atoms with Crippen LogP contribution in [-0.4, -0.2) is 29.9 Å². The number of fused-ring (bicyclic) bond motifs is 9. The van der Waals surface area contributed by atoms with E-state index in [0.29, 0.717) is 17.7 Å². The number of benzene rings is 7. The molecule has 0 N–H and O–H groups in total. The van der Waals surface area contributed by atoms with Crippen LogP contribution in [0.15, 0.2) is 133 Å². The molecule has 13 rings (SSSR count). The van der Waals surface area contributed by atoms with Gasteiger partial charge < -0.3 is 4.74 Å². The third-order valence-corrected chi connectivity index (χ3v) is 34.8. The van der Waals surface area contributed by atoms with Gasteiger partial charge in [0, 0.05) is 36.9 Å². The maximum atomic E-state index is 15.1. The smallest absolute Gasteiger partial charge is 0.263 e. The van der Waals surface area contributed by atoms with Gasteiger partial charge in [-0.3, -0.25) is 14.5 Å². The number of unbranched alkanes of at least 4 members (excludes halogenated alkanes) is 49. The quantitative estimate of drug-likeness (QED) is 0.0217. The number of rotatable bonds is 69. The Bertz CT molecular complexity index is 5180. The minimum absolute atomic E-state index is 0.0609. The summed E-state index contributed by atoms with van der Waals surface area (Å²) in [6, 6.07) is 55.1. The highest BCUT2D eigenvalue weighted by Gasteiger charge is 2.46. The molecule has 10 aromatic rings. The minimum Gasteiger partial charge on any atom is -0.494 e. The number of hydrogen-bond donors (Lipinski definition) is 0. The summed E-state index contributed by atoms with van der Waals surface area (Å²) in [6.07, 6.45) is 77.8. The highest BCUT2D eigenvalue weighted by molar-refractivity contribution is 7.28. The molecule has 7 aromatic carbocycles. The Labute approximate surface area is 821 Å². The van der Waals surface area contributed by atoms with Gasteiger partial charge in [-0.1, -0.05) is 473 Å². The van der Waals surface area contributed by atoms with Gasteiger partial charge in [0.05, 0.1) is 27.5 Å². The molecule has 1 aliphatic heterocycles. The molecule has 3 aliphatic rings. The predicted octanol–water partition coefficient (Wildman–Crippen LogP) is 41.7. The Balaban J connectivity index is 0.916. The number of imide groups is 1. The number of carbonyl (C=O) groups excluding carboxylic acids is 2. The van der Waals surface area contributed by atoms with E-state index in [1.807, 2.05) is 11.3 Å². The van der Waals surface area contributed by atoms with Crippen molar-refractivity contribution >= 4 is 67.4 Å². The normalized spacial score (nSPS) is 13.5. The van der Waals surface area contributed by atoms with E-state index in [-0.39, 0.29) is 22.6 Å². The van der Waals surface area contributed by atoms with Crippen LogP contribution in [0.3, 0.4) is 0 Å². The van der Waals surface area contributed by atoms with Gasteiger partial charge in [-0.2, -0.15) is 0 Å². The van der Waals surface area contributed by atoms with Gasteiger partial charge in [-0.25, -0.2) is 0 Å². The summed E-state index contributed by atoms with van der Waals surface area (Å²) < 4.78 is 7.19. The Morgan fingerprint density at radius 1 is 0.271 bits per heavy atom. The molecule has 0 fully saturated rings. The van der Waals surface area contributed by atoms with Crippen LogP contribution in [-0.2, 0) is 17.3 Å². The van der Waals surface area contributed by atoms with Gasteiger partial charge in [0.15, 0.2) is 0 Å². The molecule has 0 saturated heterocycles. The van der Waals surface area contributed by atoms with E-state index in [9.17, 15) is 4.79 Å². The van der Waals surface area contributed by atoms with Crippen LogP contribution in [0.25, 0.3) is 96.0 Å². The SMILES string of the molecule is CCCCCCCCCCCCCCCCCCOc1ccc2c(-c3ccc4c(c3)C(CCCCCCCC)(CCCCCCCC)c3cc(C)ccc3-4)c3cc(CCCCCCCC)ccc3c(-c3ccc4c(c3)C(CCCCCCCC)(CCCCCCCC)c3cc(-c5ccc(-c6sc(-c7ccc(C)s7)c7c6C(=O)N(CCCCCCCCCCCC)C7=O)s5)ccc3-4)c2c1. The van der Waals surface area contributed by atoms with Crippen LogP contribution >= 0.6 is 34.0 Å². The maximum Gasteiger partial charge on any atom is 0.263 e. The fraction of sp³-hybridized carbons (Fsp3) is 0.587. The second kappa shape index (κ2) is 55.0. The fourth-order valence-corrected chi connectivity index (χ4v) is 26.9. The van der Waals surface area contributed by atoms with Gasteiger partial charge in [0.25, 0.3) is 11.8 Å². The summed E-state index contributed by atoms with van der Waals surface area (Å²) >= 11 is 5.20. The van der Waals surface area contributed by atoms with E-state index in [2.05, 4.69) is 196 Å². The van der Waals surface area contributed by atoms with Crippen molar-refractivity contribution in [1.82, 2.24) is 4.90 Å². The molecule has 7 heteroatoms. The lowest BCUT2D eigenvalue weighted by Gasteiger charge is -2.34. The van der Waals surface area contributed by atoms with Crippen molar-refractivity contribution in [3.8, 4) is 80.2 Å². The predicted molar refractivity (Wildman–Crippen MR) is 585 cm³/mol. The van der Waals surface area contributed by atoms with Crippen molar-refractivity contribution in [2.75, 3.05) is 13.2 Å². The molecule has 0 spiro atoms. The molecule has 0 bridgehead atoms. The van der Waals surface area contributed by atoms with E-state index in [1.165, 1.54) is 450 Å². The first-order chi connectivity index (χ1) is 65.4. The van der Waals surface area contributed by atoms with Crippen molar-refractivity contribution in [1.29, 1.82) is 0 Å². The molecule has 3 aromatic heterocycles.